The number of rotatable bonds is 6. The first kappa shape index (κ1) is 18.7. The summed E-state index contributed by atoms with van der Waals surface area (Å²) in [4.78, 5) is 16.4. The Morgan fingerprint density at radius 2 is 1.85 bits per heavy atom. The Hall–Kier alpha value is -3.04. The van der Waals surface area contributed by atoms with Crippen LogP contribution in [0.25, 0.3) is 11.4 Å². The van der Waals surface area contributed by atoms with E-state index in [1.165, 1.54) is 24.3 Å². The van der Waals surface area contributed by atoms with Gasteiger partial charge in [0.05, 0.1) is 4.90 Å². The zero-order valence-electron chi connectivity index (χ0n) is 14.5. The van der Waals surface area contributed by atoms with E-state index in [4.69, 9.17) is 9.66 Å². The van der Waals surface area contributed by atoms with Gasteiger partial charge in [0, 0.05) is 24.1 Å². The fourth-order valence-corrected chi connectivity index (χ4v) is 2.98. The van der Waals surface area contributed by atoms with E-state index in [1.54, 1.807) is 0 Å². The number of carbonyl (C=O) groups is 1. The molecule has 0 unspecified atom stereocenters. The molecule has 0 aliphatic rings. The van der Waals surface area contributed by atoms with Crippen LogP contribution in [0.4, 0.5) is 5.69 Å². The summed E-state index contributed by atoms with van der Waals surface area (Å²) in [6, 6.07) is 13.3. The standard InChI is InChI=1S/C18H18N4O4S/c1-12-4-2-3-5-15(12)18-21-17(26-22-18)11-10-16(23)20-13-6-8-14(9-7-13)27(19,24)25/h2-9H,10-11H2,1H3,(H,20,23)(H2,19,24,25). The summed E-state index contributed by atoms with van der Waals surface area (Å²) >= 11 is 0. The molecule has 0 spiro atoms. The van der Waals surface area contributed by atoms with Gasteiger partial charge in [-0.15, -0.1) is 0 Å². The van der Waals surface area contributed by atoms with Crippen LogP contribution in [0.15, 0.2) is 57.9 Å². The third kappa shape index (κ3) is 4.78. The maximum absolute atomic E-state index is 12.1. The van der Waals surface area contributed by atoms with Crippen molar-refractivity contribution in [1.82, 2.24) is 10.1 Å². The molecule has 8 nitrogen and oxygen atoms in total. The molecule has 3 rings (SSSR count). The molecule has 27 heavy (non-hydrogen) atoms. The first-order valence-corrected chi connectivity index (χ1v) is 9.69. The van der Waals surface area contributed by atoms with Crippen LogP contribution in [-0.2, 0) is 21.2 Å². The summed E-state index contributed by atoms with van der Waals surface area (Å²) in [5.74, 6) is 0.601. The van der Waals surface area contributed by atoms with E-state index < -0.39 is 10.0 Å². The zero-order valence-corrected chi connectivity index (χ0v) is 15.4. The Labute approximate surface area is 156 Å². The van der Waals surface area contributed by atoms with Gasteiger partial charge in [-0.3, -0.25) is 4.79 Å². The molecule has 0 bridgehead atoms. The molecular formula is C18H18N4O4S. The van der Waals surface area contributed by atoms with Gasteiger partial charge >= 0.3 is 0 Å². The number of benzene rings is 2. The molecule has 1 heterocycles. The van der Waals surface area contributed by atoms with Crippen molar-refractivity contribution in [2.45, 2.75) is 24.7 Å². The maximum atomic E-state index is 12.1. The molecule has 3 aromatic rings. The number of nitrogens with two attached hydrogens (primary N) is 1. The fourth-order valence-electron chi connectivity index (χ4n) is 2.46. The number of amides is 1. The van der Waals surface area contributed by atoms with E-state index >= 15 is 0 Å². The normalized spacial score (nSPS) is 11.3. The van der Waals surface area contributed by atoms with E-state index in [0.29, 0.717) is 23.8 Å². The van der Waals surface area contributed by atoms with Crippen molar-refractivity contribution in [3.05, 3.63) is 60.0 Å². The highest BCUT2D eigenvalue weighted by Crippen LogP contribution is 2.20. The number of carbonyl (C=O) groups excluding carboxylic acids is 1. The molecule has 2 aromatic carbocycles. The summed E-state index contributed by atoms with van der Waals surface area (Å²) in [6.07, 6.45) is 0.437. The Balaban J connectivity index is 1.58. The highest BCUT2D eigenvalue weighted by molar-refractivity contribution is 7.89. The van der Waals surface area contributed by atoms with Crippen molar-refractivity contribution < 1.29 is 17.7 Å². The van der Waals surface area contributed by atoms with Crippen LogP contribution in [-0.4, -0.2) is 24.5 Å². The highest BCUT2D eigenvalue weighted by atomic mass is 32.2. The van der Waals surface area contributed by atoms with Gasteiger partial charge in [-0.05, 0) is 36.8 Å². The monoisotopic (exact) mass is 386 g/mol. The zero-order chi connectivity index (χ0) is 19.4. The Morgan fingerprint density at radius 3 is 2.52 bits per heavy atom. The van der Waals surface area contributed by atoms with Crippen LogP contribution >= 0.6 is 0 Å². The number of sulfonamides is 1. The van der Waals surface area contributed by atoms with Crippen LogP contribution in [0.2, 0.25) is 0 Å². The molecule has 0 aliphatic heterocycles. The minimum absolute atomic E-state index is 0.0184. The highest BCUT2D eigenvalue weighted by Gasteiger charge is 2.13. The quantitative estimate of drug-likeness (QED) is 0.669. The number of anilines is 1. The van der Waals surface area contributed by atoms with Gasteiger partial charge in [0.25, 0.3) is 0 Å². The van der Waals surface area contributed by atoms with Crippen molar-refractivity contribution in [2.75, 3.05) is 5.32 Å². The number of hydrogen-bond acceptors (Lipinski definition) is 6. The van der Waals surface area contributed by atoms with Gasteiger partial charge < -0.3 is 9.84 Å². The smallest absolute Gasteiger partial charge is 0.238 e. The third-order valence-corrected chi connectivity index (χ3v) is 4.82. The molecule has 1 amide bonds. The number of primary sulfonamides is 1. The van der Waals surface area contributed by atoms with E-state index in [-0.39, 0.29) is 17.2 Å². The molecule has 140 valence electrons. The van der Waals surface area contributed by atoms with Crippen molar-refractivity contribution in [1.29, 1.82) is 0 Å². The molecule has 0 aliphatic carbocycles. The van der Waals surface area contributed by atoms with E-state index in [9.17, 15) is 13.2 Å². The van der Waals surface area contributed by atoms with Gasteiger partial charge in [-0.2, -0.15) is 4.98 Å². The lowest BCUT2D eigenvalue weighted by Crippen LogP contribution is -2.14. The van der Waals surface area contributed by atoms with Crippen LogP contribution in [0.5, 0.6) is 0 Å². The predicted octanol–water partition coefficient (Wildman–Crippen LogP) is 2.26. The summed E-state index contributed by atoms with van der Waals surface area (Å²) < 4.78 is 27.6. The lowest BCUT2D eigenvalue weighted by atomic mass is 10.1. The van der Waals surface area contributed by atoms with Crippen molar-refractivity contribution in [3.8, 4) is 11.4 Å². The first-order chi connectivity index (χ1) is 12.8. The molecular weight excluding hydrogens is 368 g/mol. The average Bonchev–Trinajstić information content (AvgIpc) is 3.09. The predicted molar refractivity (Wildman–Crippen MR) is 99.2 cm³/mol. The Kier molecular flexibility index (Phi) is 5.33. The van der Waals surface area contributed by atoms with Gasteiger partial charge in [0.15, 0.2) is 0 Å². The van der Waals surface area contributed by atoms with Crippen molar-refractivity contribution >= 4 is 21.6 Å². The van der Waals surface area contributed by atoms with Crippen molar-refractivity contribution in [2.24, 2.45) is 5.14 Å². The number of nitrogens with one attached hydrogen (secondary N) is 1. The Morgan fingerprint density at radius 1 is 1.15 bits per heavy atom. The van der Waals surface area contributed by atoms with Crippen molar-refractivity contribution in [3.63, 3.8) is 0 Å². The molecule has 1 aromatic heterocycles. The first-order valence-electron chi connectivity index (χ1n) is 8.14. The Bertz CT molecular complexity index is 1060. The SMILES string of the molecule is Cc1ccccc1-c1noc(CCC(=O)Nc2ccc(S(N)(=O)=O)cc2)n1. The van der Waals surface area contributed by atoms with Gasteiger partial charge in [-0.1, -0.05) is 29.4 Å². The minimum atomic E-state index is -3.76. The third-order valence-electron chi connectivity index (χ3n) is 3.89. The number of nitrogens with zero attached hydrogens (tertiary/aromatic N) is 2. The number of aryl methyl sites for hydroxylation is 2. The lowest BCUT2D eigenvalue weighted by Gasteiger charge is -2.05. The summed E-state index contributed by atoms with van der Waals surface area (Å²) in [5, 5.41) is 11.7. The number of aromatic nitrogens is 2. The second kappa shape index (κ2) is 7.68. The second-order valence-electron chi connectivity index (χ2n) is 5.94. The topological polar surface area (TPSA) is 128 Å². The van der Waals surface area contributed by atoms with Gasteiger partial charge in [-0.25, -0.2) is 13.6 Å². The molecule has 0 saturated heterocycles. The maximum Gasteiger partial charge on any atom is 0.238 e. The number of hydrogen-bond donors (Lipinski definition) is 2. The van der Waals surface area contributed by atoms with Crippen LogP contribution < -0.4 is 10.5 Å². The van der Waals surface area contributed by atoms with Gasteiger partial charge in [0.2, 0.25) is 27.6 Å². The summed E-state index contributed by atoms with van der Waals surface area (Å²) in [5.41, 5.74) is 2.39. The largest absolute Gasteiger partial charge is 0.339 e. The van der Waals surface area contributed by atoms with Gasteiger partial charge in [0.1, 0.15) is 0 Å². The molecule has 0 fully saturated rings. The van der Waals surface area contributed by atoms with E-state index in [0.717, 1.165) is 11.1 Å². The minimum Gasteiger partial charge on any atom is -0.339 e. The average molecular weight is 386 g/mol. The molecule has 0 atom stereocenters. The van der Waals surface area contributed by atoms with E-state index in [1.807, 2.05) is 31.2 Å². The van der Waals surface area contributed by atoms with Crippen LogP contribution in [0, 0.1) is 6.92 Å². The molecule has 0 saturated carbocycles. The molecule has 9 heteroatoms. The summed E-state index contributed by atoms with van der Waals surface area (Å²) in [6.45, 7) is 1.96. The van der Waals surface area contributed by atoms with Crippen LogP contribution in [0.3, 0.4) is 0 Å². The molecule has 3 N–H and O–H groups in total. The second-order valence-corrected chi connectivity index (χ2v) is 7.51. The fraction of sp³-hybridized carbons (Fsp3) is 0.167. The van der Waals surface area contributed by atoms with Crippen LogP contribution in [0.1, 0.15) is 17.9 Å². The van der Waals surface area contributed by atoms with E-state index in [2.05, 4.69) is 15.5 Å². The molecule has 0 radical (unpaired) electrons. The lowest BCUT2D eigenvalue weighted by molar-refractivity contribution is -0.116. The summed E-state index contributed by atoms with van der Waals surface area (Å²) in [7, 11) is -3.76.